The summed E-state index contributed by atoms with van der Waals surface area (Å²) in [5.41, 5.74) is 0.252. The van der Waals surface area contributed by atoms with Crippen molar-refractivity contribution < 1.29 is 9.13 Å². The number of anilines is 2. The number of hydrogen-bond donors (Lipinski definition) is 1. The summed E-state index contributed by atoms with van der Waals surface area (Å²) in [4.78, 5) is 8.13. The van der Waals surface area contributed by atoms with Crippen molar-refractivity contribution in [2.45, 2.75) is 6.61 Å². The molecule has 100 valence electrons. The Kier molecular flexibility index (Phi) is 4.52. The van der Waals surface area contributed by atoms with Gasteiger partial charge in [0.25, 0.3) is 0 Å². The fourth-order valence-corrected chi connectivity index (χ4v) is 1.81. The molecule has 1 aromatic heterocycles. The van der Waals surface area contributed by atoms with E-state index in [-0.39, 0.29) is 17.4 Å². The zero-order valence-electron chi connectivity index (χ0n) is 9.95. The monoisotopic (exact) mass is 301 g/mol. The van der Waals surface area contributed by atoms with Crippen molar-refractivity contribution in [3.8, 4) is 0 Å². The highest BCUT2D eigenvalue weighted by Gasteiger charge is 2.07. The summed E-state index contributed by atoms with van der Waals surface area (Å²) in [6.45, 7) is 0.221. The average molecular weight is 302 g/mol. The summed E-state index contributed by atoms with van der Waals surface area (Å²) in [6.07, 6.45) is 0. The van der Waals surface area contributed by atoms with E-state index < -0.39 is 5.82 Å². The van der Waals surface area contributed by atoms with E-state index in [1.165, 1.54) is 25.3 Å². The summed E-state index contributed by atoms with van der Waals surface area (Å²) in [5.74, 6) is 0.315. The van der Waals surface area contributed by atoms with Crippen LogP contribution in [0.15, 0.2) is 24.3 Å². The van der Waals surface area contributed by atoms with Gasteiger partial charge in [0, 0.05) is 18.2 Å². The van der Waals surface area contributed by atoms with Crippen LogP contribution in [-0.2, 0) is 11.3 Å². The van der Waals surface area contributed by atoms with E-state index in [4.69, 9.17) is 27.9 Å². The molecular weight excluding hydrogens is 292 g/mol. The van der Waals surface area contributed by atoms with Crippen LogP contribution in [0, 0.1) is 5.82 Å². The molecular formula is C12H10Cl2FN3O. The van der Waals surface area contributed by atoms with Crippen molar-refractivity contribution in [1.82, 2.24) is 9.97 Å². The molecule has 0 spiro atoms. The maximum absolute atomic E-state index is 13.6. The van der Waals surface area contributed by atoms with Gasteiger partial charge in [-0.1, -0.05) is 23.2 Å². The minimum absolute atomic E-state index is 0.221. The number of hydrogen-bond acceptors (Lipinski definition) is 4. The number of halogens is 3. The van der Waals surface area contributed by atoms with Gasteiger partial charge >= 0.3 is 0 Å². The van der Waals surface area contributed by atoms with Crippen LogP contribution < -0.4 is 5.32 Å². The van der Waals surface area contributed by atoms with Crippen molar-refractivity contribution in [2.24, 2.45) is 0 Å². The van der Waals surface area contributed by atoms with Crippen molar-refractivity contribution >= 4 is 34.7 Å². The van der Waals surface area contributed by atoms with Crippen LogP contribution in [0.5, 0.6) is 0 Å². The lowest BCUT2D eigenvalue weighted by atomic mass is 10.3. The number of aromatic nitrogens is 2. The number of benzene rings is 1. The third-order valence-corrected chi connectivity index (χ3v) is 2.64. The second-order valence-electron chi connectivity index (χ2n) is 3.67. The SMILES string of the molecule is COCc1nc(Cl)cc(Nc2ccc(Cl)cc2F)n1. The standard InChI is InChI=1S/C12H10Cl2FN3O/c1-19-6-12-17-10(14)5-11(18-12)16-9-3-2-7(13)4-8(9)15/h2-5H,6H2,1H3,(H,16,17,18). The first-order valence-electron chi connectivity index (χ1n) is 5.33. The number of nitrogens with one attached hydrogen (secondary N) is 1. The van der Waals surface area contributed by atoms with Gasteiger partial charge in [0.1, 0.15) is 23.4 Å². The molecule has 0 amide bonds. The molecule has 0 aliphatic rings. The quantitative estimate of drug-likeness (QED) is 0.872. The predicted molar refractivity (Wildman–Crippen MR) is 72.4 cm³/mol. The lowest BCUT2D eigenvalue weighted by Crippen LogP contribution is -2.02. The Balaban J connectivity index is 2.27. The Morgan fingerprint density at radius 3 is 2.74 bits per heavy atom. The number of ether oxygens (including phenoxy) is 1. The Hall–Kier alpha value is -1.43. The predicted octanol–water partition coefficient (Wildman–Crippen LogP) is 3.81. The van der Waals surface area contributed by atoms with E-state index in [1.807, 2.05) is 0 Å². The molecule has 7 heteroatoms. The summed E-state index contributed by atoms with van der Waals surface area (Å²) in [5, 5.41) is 3.39. The number of methoxy groups -OCH3 is 1. The molecule has 2 aromatic rings. The third kappa shape index (κ3) is 3.76. The van der Waals surface area contributed by atoms with Crippen LogP contribution in [0.2, 0.25) is 10.2 Å². The molecule has 0 atom stereocenters. The van der Waals surface area contributed by atoms with Crippen LogP contribution in [-0.4, -0.2) is 17.1 Å². The smallest absolute Gasteiger partial charge is 0.158 e. The van der Waals surface area contributed by atoms with Gasteiger partial charge in [-0.3, -0.25) is 0 Å². The van der Waals surface area contributed by atoms with Gasteiger partial charge in [-0.15, -0.1) is 0 Å². The minimum atomic E-state index is -0.476. The van der Waals surface area contributed by atoms with Gasteiger partial charge in [-0.25, -0.2) is 14.4 Å². The van der Waals surface area contributed by atoms with Gasteiger partial charge in [0.15, 0.2) is 5.82 Å². The molecule has 4 nitrogen and oxygen atoms in total. The third-order valence-electron chi connectivity index (χ3n) is 2.21. The van der Waals surface area contributed by atoms with Crippen molar-refractivity contribution in [2.75, 3.05) is 12.4 Å². The Morgan fingerprint density at radius 1 is 1.26 bits per heavy atom. The molecule has 0 unspecified atom stereocenters. The van der Waals surface area contributed by atoms with Crippen LogP contribution in [0.3, 0.4) is 0 Å². The molecule has 0 aliphatic heterocycles. The topological polar surface area (TPSA) is 47.0 Å². The van der Waals surface area contributed by atoms with E-state index in [2.05, 4.69) is 15.3 Å². The summed E-state index contributed by atoms with van der Waals surface area (Å²) >= 11 is 11.5. The second-order valence-corrected chi connectivity index (χ2v) is 4.50. The van der Waals surface area contributed by atoms with Crippen LogP contribution in [0.4, 0.5) is 15.9 Å². The molecule has 0 radical (unpaired) electrons. The van der Waals surface area contributed by atoms with Crippen LogP contribution in [0.1, 0.15) is 5.82 Å². The zero-order valence-corrected chi connectivity index (χ0v) is 11.5. The normalized spacial score (nSPS) is 10.5. The fourth-order valence-electron chi connectivity index (χ4n) is 1.45. The highest BCUT2D eigenvalue weighted by atomic mass is 35.5. The number of nitrogens with zero attached hydrogens (tertiary/aromatic N) is 2. The molecule has 1 aromatic carbocycles. The molecule has 2 rings (SSSR count). The van der Waals surface area contributed by atoms with Crippen LogP contribution >= 0.6 is 23.2 Å². The second kappa shape index (κ2) is 6.14. The molecule has 0 bridgehead atoms. The zero-order chi connectivity index (χ0) is 13.8. The van der Waals surface area contributed by atoms with Crippen molar-refractivity contribution in [1.29, 1.82) is 0 Å². The first-order valence-corrected chi connectivity index (χ1v) is 6.08. The van der Waals surface area contributed by atoms with Crippen LogP contribution in [0.25, 0.3) is 0 Å². The van der Waals surface area contributed by atoms with E-state index in [1.54, 1.807) is 6.07 Å². The molecule has 19 heavy (non-hydrogen) atoms. The molecule has 1 heterocycles. The minimum Gasteiger partial charge on any atom is -0.377 e. The Labute approximate surface area is 119 Å². The first-order chi connectivity index (χ1) is 9.08. The average Bonchev–Trinajstić information content (AvgIpc) is 2.32. The maximum Gasteiger partial charge on any atom is 0.158 e. The largest absolute Gasteiger partial charge is 0.377 e. The summed E-state index contributed by atoms with van der Waals surface area (Å²) in [6, 6.07) is 5.80. The fraction of sp³-hybridized carbons (Fsp3) is 0.167. The molecule has 1 N–H and O–H groups in total. The van der Waals surface area contributed by atoms with Crippen molar-refractivity contribution in [3.05, 3.63) is 46.1 Å². The molecule has 0 aliphatic carbocycles. The molecule has 0 fully saturated rings. The highest BCUT2D eigenvalue weighted by Crippen LogP contribution is 2.23. The Morgan fingerprint density at radius 2 is 2.05 bits per heavy atom. The van der Waals surface area contributed by atoms with E-state index in [0.29, 0.717) is 16.7 Å². The van der Waals surface area contributed by atoms with E-state index in [0.717, 1.165) is 0 Å². The molecule has 0 saturated carbocycles. The number of rotatable bonds is 4. The summed E-state index contributed by atoms with van der Waals surface area (Å²) < 4.78 is 18.6. The Bertz CT molecular complexity index is 595. The van der Waals surface area contributed by atoms with Gasteiger partial charge in [-0.05, 0) is 18.2 Å². The van der Waals surface area contributed by atoms with Gasteiger partial charge in [0.05, 0.1) is 5.69 Å². The molecule has 0 saturated heterocycles. The maximum atomic E-state index is 13.6. The van der Waals surface area contributed by atoms with Crippen molar-refractivity contribution in [3.63, 3.8) is 0 Å². The van der Waals surface area contributed by atoms with Gasteiger partial charge in [-0.2, -0.15) is 0 Å². The van der Waals surface area contributed by atoms with Gasteiger partial charge in [0.2, 0.25) is 0 Å². The lowest BCUT2D eigenvalue weighted by molar-refractivity contribution is 0.178. The van der Waals surface area contributed by atoms with E-state index >= 15 is 0 Å². The first kappa shape index (κ1) is 14.0. The highest BCUT2D eigenvalue weighted by molar-refractivity contribution is 6.30. The lowest BCUT2D eigenvalue weighted by Gasteiger charge is -2.08. The van der Waals surface area contributed by atoms with E-state index in [9.17, 15) is 4.39 Å². The summed E-state index contributed by atoms with van der Waals surface area (Å²) in [7, 11) is 1.52. The van der Waals surface area contributed by atoms with Gasteiger partial charge < -0.3 is 10.1 Å².